The third-order valence-corrected chi connectivity index (χ3v) is 4.38. The van der Waals surface area contributed by atoms with E-state index < -0.39 is 11.4 Å². The number of hydrogen-bond acceptors (Lipinski definition) is 3. The Morgan fingerprint density at radius 1 is 1.69 bits per heavy atom. The van der Waals surface area contributed by atoms with Crippen molar-refractivity contribution in [2.45, 2.75) is 26.3 Å². The van der Waals surface area contributed by atoms with Crippen LogP contribution in [0.3, 0.4) is 0 Å². The predicted octanol–water partition coefficient (Wildman–Crippen LogP) is 2.43. The van der Waals surface area contributed by atoms with Crippen LogP contribution in [-0.2, 0) is 11.3 Å². The van der Waals surface area contributed by atoms with Gasteiger partial charge in [-0.2, -0.15) is 0 Å². The quantitative estimate of drug-likeness (QED) is 0.877. The number of carboxylic acid groups (broad SMARTS) is 1. The Kier molecular flexibility index (Phi) is 3.30. The molecule has 0 radical (unpaired) electrons. The number of carboxylic acids is 1. The van der Waals surface area contributed by atoms with Gasteiger partial charge in [0.25, 0.3) is 0 Å². The average Bonchev–Trinajstić information content (AvgIpc) is 2.88. The van der Waals surface area contributed by atoms with E-state index in [1.54, 1.807) is 11.3 Å². The first-order valence-electron chi connectivity index (χ1n) is 5.64. The van der Waals surface area contributed by atoms with Crippen molar-refractivity contribution in [2.24, 2.45) is 5.41 Å². The van der Waals surface area contributed by atoms with Gasteiger partial charge < -0.3 is 5.11 Å². The lowest BCUT2D eigenvalue weighted by Crippen LogP contribution is -2.33. The molecule has 1 unspecified atom stereocenters. The minimum absolute atomic E-state index is 0.503. The fraction of sp³-hybridized carbons (Fsp3) is 0.583. The van der Waals surface area contributed by atoms with E-state index in [0.29, 0.717) is 6.54 Å². The van der Waals surface area contributed by atoms with Crippen molar-refractivity contribution in [3.05, 3.63) is 22.4 Å². The van der Waals surface area contributed by atoms with Crippen molar-refractivity contribution >= 4 is 17.3 Å². The molecule has 1 aromatic rings. The van der Waals surface area contributed by atoms with Gasteiger partial charge in [0.15, 0.2) is 0 Å². The highest BCUT2D eigenvalue weighted by molar-refractivity contribution is 7.09. The number of hydrogen-bond donors (Lipinski definition) is 1. The van der Waals surface area contributed by atoms with Crippen molar-refractivity contribution in [1.29, 1.82) is 0 Å². The van der Waals surface area contributed by atoms with E-state index in [2.05, 4.69) is 16.3 Å². The van der Waals surface area contributed by atoms with Crippen LogP contribution >= 0.6 is 11.3 Å². The number of aliphatic carboxylic acids is 1. The molecule has 2 rings (SSSR count). The second kappa shape index (κ2) is 4.55. The SMILES string of the molecule is CCC1(C(=O)O)CCN(Cc2cccs2)C1. The van der Waals surface area contributed by atoms with Gasteiger partial charge in [0.2, 0.25) is 0 Å². The van der Waals surface area contributed by atoms with Gasteiger partial charge in [-0.25, -0.2) is 0 Å². The molecule has 0 saturated carbocycles. The fourth-order valence-electron chi connectivity index (χ4n) is 2.33. The Morgan fingerprint density at radius 3 is 3.00 bits per heavy atom. The van der Waals surface area contributed by atoms with Crippen LogP contribution in [0.25, 0.3) is 0 Å². The van der Waals surface area contributed by atoms with E-state index >= 15 is 0 Å². The lowest BCUT2D eigenvalue weighted by atomic mass is 9.84. The smallest absolute Gasteiger partial charge is 0.310 e. The Balaban J connectivity index is 1.99. The van der Waals surface area contributed by atoms with E-state index in [-0.39, 0.29) is 0 Å². The van der Waals surface area contributed by atoms with Gasteiger partial charge in [0, 0.05) is 18.0 Å². The third-order valence-electron chi connectivity index (χ3n) is 3.52. The van der Waals surface area contributed by atoms with Crippen molar-refractivity contribution in [2.75, 3.05) is 13.1 Å². The Labute approximate surface area is 99.7 Å². The van der Waals surface area contributed by atoms with Crippen molar-refractivity contribution in [3.63, 3.8) is 0 Å². The molecule has 1 aromatic heterocycles. The van der Waals surface area contributed by atoms with Crippen molar-refractivity contribution < 1.29 is 9.90 Å². The molecular formula is C12H17NO2S. The van der Waals surface area contributed by atoms with Crippen LogP contribution in [0.1, 0.15) is 24.6 Å². The normalized spacial score (nSPS) is 26.1. The average molecular weight is 239 g/mol. The number of likely N-dealkylation sites (tertiary alicyclic amines) is 1. The van der Waals surface area contributed by atoms with Gasteiger partial charge in [-0.1, -0.05) is 13.0 Å². The van der Waals surface area contributed by atoms with Gasteiger partial charge in [0.05, 0.1) is 5.41 Å². The number of rotatable bonds is 4. The molecule has 1 saturated heterocycles. The molecule has 0 amide bonds. The molecule has 88 valence electrons. The van der Waals surface area contributed by atoms with Crippen molar-refractivity contribution in [3.8, 4) is 0 Å². The molecule has 0 bridgehead atoms. The van der Waals surface area contributed by atoms with Gasteiger partial charge in [-0.05, 0) is 30.8 Å². The molecule has 2 heterocycles. The Morgan fingerprint density at radius 2 is 2.50 bits per heavy atom. The lowest BCUT2D eigenvalue weighted by Gasteiger charge is -2.22. The number of carbonyl (C=O) groups is 1. The molecule has 1 atom stereocenters. The third kappa shape index (κ3) is 2.13. The van der Waals surface area contributed by atoms with Crippen LogP contribution in [0.4, 0.5) is 0 Å². The molecule has 0 aliphatic carbocycles. The maximum Gasteiger partial charge on any atom is 0.310 e. The second-order valence-electron chi connectivity index (χ2n) is 4.48. The van der Waals surface area contributed by atoms with Gasteiger partial charge in [0.1, 0.15) is 0 Å². The highest BCUT2D eigenvalue weighted by Gasteiger charge is 2.43. The second-order valence-corrected chi connectivity index (χ2v) is 5.51. The highest BCUT2D eigenvalue weighted by Crippen LogP contribution is 2.35. The van der Waals surface area contributed by atoms with Crippen molar-refractivity contribution in [1.82, 2.24) is 4.90 Å². The Hall–Kier alpha value is -0.870. The minimum atomic E-state index is -0.635. The maximum atomic E-state index is 11.3. The number of nitrogens with zero attached hydrogens (tertiary/aromatic N) is 1. The predicted molar refractivity (Wildman–Crippen MR) is 64.6 cm³/mol. The molecule has 1 fully saturated rings. The standard InChI is InChI=1S/C12H17NO2S/c1-2-12(11(14)15)5-6-13(9-12)8-10-4-3-7-16-10/h3-4,7H,2,5-6,8-9H2,1H3,(H,14,15). The zero-order valence-electron chi connectivity index (χ0n) is 9.48. The molecule has 3 nitrogen and oxygen atoms in total. The van der Waals surface area contributed by atoms with Gasteiger partial charge in [-0.15, -0.1) is 11.3 Å². The van der Waals surface area contributed by atoms with E-state index in [1.807, 2.05) is 13.0 Å². The molecule has 1 aliphatic rings. The summed E-state index contributed by atoms with van der Waals surface area (Å²) in [4.78, 5) is 14.8. The molecule has 0 aromatic carbocycles. The largest absolute Gasteiger partial charge is 0.481 e. The zero-order chi connectivity index (χ0) is 11.6. The topological polar surface area (TPSA) is 40.5 Å². The molecule has 4 heteroatoms. The number of thiophene rings is 1. The maximum absolute atomic E-state index is 11.3. The first-order chi connectivity index (χ1) is 7.66. The van der Waals surface area contributed by atoms with E-state index in [4.69, 9.17) is 0 Å². The van der Waals surface area contributed by atoms with Crippen LogP contribution in [-0.4, -0.2) is 29.1 Å². The fourth-order valence-corrected chi connectivity index (χ4v) is 3.08. The summed E-state index contributed by atoms with van der Waals surface area (Å²) < 4.78 is 0. The first-order valence-corrected chi connectivity index (χ1v) is 6.52. The lowest BCUT2D eigenvalue weighted by molar-refractivity contribution is -0.148. The summed E-state index contributed by atoms with van der Waals surface area (Å²) in [5.74, 6) is -0.635. The highest BCUT2D eigenvalue weighted by atomic mass is 32.1. The summed E-state index contributed by atoms with van der Waals surface area (Å²) in [6.07, 6.45) is 1.51. The van der Waals surface area contributed by atoms with Gasteiger partial charge in [-0.3, -0.25) is 9.69 Å². The molecule has 1 N–H and O–H groups in total. The van der Waals surface area contributed by atoms with Crippen LogP contribution in [0.2, 0.25) is 0 Å². The molecular weight excluding hydrogens is 222 g/mol. The van der Waals surface area contributed by atoms with E-state index in [9.17, 15) is 9.90 Å². The Bertz CT molecular complexity index is 363. The zero-order valence-corrected chi connectivity index (χ0v) is 10.3. The molecule has 1 aliphatic heterocycles. The summed E-state index contributed by atoms with van der Waals surface area (Å²) >= 11 is 1.74. The van der Waals surface area contributed by atoms with Crippen LogP contribution in [0, 0.1) is 5.41 Å². The molecule has 16 heavy (non-hydrogen) atoms. The summed E-state index contributed by atoms with van der Waals surface area (Å²) in [5.41, 5.74) is -0.503. The summed E-state index contributed by atoms with van der Waals surface area (Å²) in [6, 6.07) is 4.15. The van der Waals surface area contributed by atoms with Crippen LogP contribution < -0.4 is 0 Å². The van der Waals surface area contributed by atoms with E-state index in [1.165, 1.54) is 4.88 Å². The first kappa shape index (κ1) is 11.6. The van der Waals surface area contributed by atoms with Gasteiger partial charge >= 0.3 is 5.97 Å². The molecule has 0 spiro atoms. The summed E-state index contributed by atoms with van der Waals surface area (Å²) in [7, 11) is 0. The summed E-state index contributed by atoms with van der Waals surface area (Å²) in [6.45, 7) is 4.46. The van der Waals surface area contributed by atoms with Crippen LogP contribution in [0.5, 0.6) is 0 Å². The van der Waals surface area contributed by atoms with Crippen LogP contribution in [0.15, 0.2) is 17.5 Å². The van der Waals surface area contributed by atoms with E-state index in [0.717, 1.165) is 25.9 Å². The summed E-state index contributed by atoms with van der Waals surface area (Å²) in [5, 5.41) is 11.3. The monoisotopic (exact) mass is 239 g/mol. The minimum Gasteiger partial charge on any atom is -0.481 e.